The molecule has 3 aromatic heterocycles. The Labute approximate surface area is 231 Å². The quantitative estimate of drug-likeness (QED) is 0.131. The van der Waals surface area contributed by atoms with E-state index in [9.17, 15) is 4.79 Å². The molecule has 0 bridgehead atoms. The number of ketones is 1. The molecule has 0 aliphatic rings. The fourth-order valence-electron chi connectivity index (χ4n) is 2.66. The minimum Gasteiger partial charge on any atom is -0.397 e. The van der Waals surface area contributed by atoms with Gasteiger partial charge in [0.1, 0.15) is 0 Å². The van der Waals surface area contributed by atoms with Crippen LogP contribution in [-0.2, 0) is 0 Å². The maximum absolute atomic E-state index is 11.1. The van der Waals surface area contributed by atoms with Crippen molar-refractivity contribution < 1.29 is 9.90 Å². The molecule has 3 heterocycles. The number of Topliss-reactive ketones (excluding diaryl/α,β-unsaturated/α-hetero) is 1. The molecule has 8 nitrogen and oxygen atoms in total. The van der Waals surface area contributed by atoms with Crippen molar-refractivity contribution in [3.05, 3.63) is 106 Å². The number of halogens is 1. The number of hydrogen-bond acceptors (Lipinski definition) is 7. The van der Waals surface area contributed by atoms with E-state index in [1.807, 2.05) is 45.8 Å². The SMILES string of the molecule is CCO.Nc1nccs1.[C-]#[N+]c1cccc(-c2cn3ccsc3n2)c1.[C-]#[N+]c1cccc(C(=O)CBr)c1. The summed E-state index contributed by atoms with van der Waals surface area (Å²) in [6.07, 6.45) is 5.64. The summed E-state index contributed by atoms with van der Waals surface area (Å²) in [6.45, 7) is 15.7. The van der Waals surface area contributed by atoms with Crippen LogP contribution >= 0.6 is 38.6 Å². The molecule has 2 aromatic carbocycles. The molecule has 0 saturated heterocycles. The molecule has 0 unspecified atom stereocenters. The third-order valence-electron chi connectivity index (χ3n) is 4.23. The van der Waals surface area contributed by atoms with E-state index in [1.165, 1.54) is 11.3 Å². The zero-order chi connectivity index (χ0) is 27.0. The molecule has 188 valence electrons. The number of carbonyl (C=O) groups is 1. The van der Waals surface area contributed by atoms with Gasteiger partial charge in [-0.2, -0.15) is 0 Å². The van der Waals surface area contributed by atoms with Gasteiger partial charge in [-0.05, 0) is 24.6 Å². The van der Waals surface area contributed by atoms with Gasteiger partial charge in [0.15, 0.2) is 27.3 Å². The van der Waals surface area contributed by atoms with Crippen LogP contribution in [0.2, 0.25) is 0 Å². The number of alkyl halides is 1. The van der Waals surface area contributed by atoms with E-state index in [1.54, 1.807) is 54.8 Å². The number of benzene rings is 2. The number of hydrogen-bond donors (Lipinski definition) is 2. The largest absolute Gasteiger partial charge is 0.397 e. The number of nitrogens with zero attached hydrogens (tertiary/aromatic N) is 5. The molecule has 0 amide bonds. The second-order valence-electron chi connectivity index (χ2n) is 6.79. The number of aliphatic hydroxyl groups excluding tert-OH is 1. The second kappa shape index (κ2) is 16.0. The first-order valence-corrected chi connectivity index (χ1v) is 13.6. The molecular formula is C26H23BrN6O2S2. The van der Waals surface area contributed by atoms with Crippen molar-refractivity contribution in [2.75, 3.05) is 17.7 Å². The average Bonchev–Trinajstić information content (AvgIpc) is 3.68. The molecule has 0 aliphatic carbocycles. The smallest absolute Gasteiger partial charge is 0.194 e. The van der Waals surface area contributed by atoms with Crippen LogP contribution in [0.15, 0.2) is 77.9 Å². The topological polar surface area (TPSA) is 102 Å². The van der Waals surface area contributed by atoms with E-state index >= 15 is 0 Å². The highest BCUT2D eigenvalue weighted by molar-refractivity contribution is 9.09. The standard InChI is InChI=1S/C12H7N3S.C9H6BrNO.C3H4N2S.C2H6O/c1-13-10-4-2-3-9(7-10)11-8-15-5-6-16-12(15)14-11;1-11-8-4-2-3-7(5-8)9(12)6-10;4-3-5-1-2-6-3;1-2-3/h2-8H;2-5H,6H2;1-2H,(H2,4,5);3H,2H2,1H3. The highest BCUT2D eigenvalue weighted by Crippen LogP contribution is 2.25. The molecule has 0 spiro atoms. The minimum absolute atomic E-state index is 0.000463. The molecule has 0 saturated carbocycles. The fourth-order valence-corrected chi connectivity index (χ4v) is 4.07. The van der Waals surface area contributed by atoms with Crippen molar-refractivity contribution in [3.8, 4) is 11.3 Å². The third kappa shape index (κ3) is 9.60. The van der Waals surface area contributed by atoms with Crippen molar-refractivity contribution >= 4 is 65.9 Å². The van der Waals surface area contributed by atoms with Crippen molar-refractivity contribution in [1.29, 1.82) is 0 Å². The summed E-state index contributed by atoms with van der Waals surface area (Å²) in [5.74, 6) is 0.000463. The van der Waals surface area contributed by atoms with Gasteiger partial charge in [0.2, 0.25) is 0 Å². The Morgan fingerprint density at radius 3 is 2.32 bits per heavy atom. The van der Waals surface area contributed by atoms with Crippen LogP contribution in [0.3, 0.4) is 0 Å². The van der Waals surface area contributed by atoms with Crippen LogP contribution in [0.1, 0.15) is 17.3 Å². The number of aliphatic hydroxyl groups is 1. The molecular weight excluding hydrogens is 572 g/mol. The first-order chi connectivity index (χ1) is 17.9. The number of fused-ring (bicyclic) bond motifs is 1. The maximum atomic E-state index is 11.1. The van der Waals surface area contributed by atoms with Gasteiger partial charge in [-0.1, -0.05) is 52.3 Å². The molecule has 5 aromatic rings. The maximum Gasteiger partial charge on any atom is 0.194 e. The number of nitrogen functional groups attached to an aromatic ring is 1. The number of anilines is 1. The Balaban J connectivity index is 0.000000201. The summed E-state index contributed by atoms with van der Waals surface area (Å²) < 4.78 is 1.99. The lowest BCUT2D eigenvalue weighted by molar-refractivity contribution is 0.102. The predicted molar refractivity (Wildman–Crippen MR) is 155 cm³/mol. The molecule has 11 heteroatoms. The van der Waals surface area contributed by atoms with Gasteiger partial charge in [-0.3, -0.25) is 9.20 Å². The van der Waals surface area contributed by atoms with E-state index in [4.69, 9.17) is 24.0 Å². The number of thiazole rings is 2. The Bertz CT molecular complexity index is 1450. The van der Waals surface area contributed by atoms with Crippen LogP contribution in [-0.4, -0.2) is 37.2 Å². The summed E-state index contributed by atoms with van der Waals surface area (Å²) in [4.78, 5) is 27.0. The van der Waals surface area contributed by atoms with E-state index in [0.29, 0.717) is 27.4 Å². The molecule has 5 rings (SSSR count). The number of nitrogens with two attached hydrogens (primary N) is 1. The van der Waals surface area contributed by atoms with Gasteiger partial charge in [-0.15, -0.1) is 22.7 Å². The Morgan fingerprint density at radius 1 is 1.11 bits per heavy atom. The lowest BCUT2D eigenvalue weighted by atomic mass is 10.1. The number of imidazole rings is 1. The monoisotopic (exact) mass is 594 g/mol. The normalized spacial score (nSPS) is 9.32. The molecule has 37 heavy (non-hydrogen) atoms. The zero-order valence-corrected chi connectivity index (χ0v) is 23.0. The number of carbonyl (C=O) groups excluding carboxylic acids is 1. The Kier molecular flexibility index (Phi) is 12.7. The first kappa shape index (κ1) is 29.4. The van der Waals surface area contributed by atoms with E-state index in [0.717, 1.165) is 16.2 Å². The fraction of sp³-hybridized carbons (Fsp3) is 0.115. The van der Waals surface area contributed by atoms with Crippen LogP contribution in [0.5, 0.6) is 0 Å². The zero-order valence-electron chi connectivity index (χ0n) is 19.8. The minimum atomic E-state index is 0.000463. The van der Waals surface area contributed by atoms with Crippen molar-refractivity contribution in [2.24, 2.45) is 0 Å². The summed E-state index contributed by atoms with van der Waals surface area (Å²) in [7, 11) is 0. The average molecular weight is 596 g/mol. The lowest BCUT2D eigenvalue weighted by Crippen LogP contribution is -1.98. The van der Waals surface area contributed by atoms with Crippen molar-refractivity contribution in [3.63, 3.8) is 0 Å². The Morgan fingerprint density at radius 2 is 1.78 bits per heavy atom. The van der Waals surface area contributed by atoms with Gasteiger partial charge < -0.3 is 10.8 Å². The Hall–Kier alpha value is -3.87. The van der Waals surface area contributed by atoms with Crippen LogP contribution in [0.25, 0.3) is 25.9 Å². The van der Waals surface area contributed by atoms with Gasteiger partial charge in [0.05, 0.1) is 24.2 Å². The van der Waals surface area contributed by atoms with Crippen LogP contribution < -0.4 is 5.73 Å². The van der Waals surface area contributed by atoms with Crippen LogP contribution in [0, 0.1) is 13.1 Å². The number of aromatic nitrogens is 3. The molecule has 0 radical (unpaired) electrons. The van der Waals surface area contributed by atoms with E-state index in [-0.39, 0.29) is 12.4 Å². The summed E-state index contributed by atoms with van der Waals surface area (Å²) >= 11 is 6.12. The molecule has 0 fully saturated rings. The van der Waals surface area contributed by atoms with E-state index in [2.05, 4.69) is 35.6 Å². The van der Waals surface area contributed by atoms with Gasteiger partial charge in [0.25, 0.3) is 0 Å². The van der Waals surface area contributed by atoms with E-state index < -0.39 is 0 Å². The van der Waals surface area contributed by atoms with Crippen molar-refractivity contribution in [1.82, 2.24) is 14.4 Å². The highest BCUT2D eigenvalue weighted by atomic mass is 79.9. The lowest BCUT2D eigenvalue weighted by Gasteiger charge is -1.95. The number of rotatable bonds is 3. The molecule has 0 aliphatic heterocycles. The van der Waals surface area contributed by atoms with Gasteiger partial charge >= 0.3 is 0 Å². The van der Waals surface area contributed by atoms with Crippen molar-refractivity contribution in [2.45, 2.75) is 6.92 Å². The van der Waals surface area contributed by atoms with Gasteiger partial charge in [-0.25, -0.2) is 19.7 Å². The van der Waals surface area contributed by atoms with Gasteiger partial charge in [0, 0.05) is 41.5 Å². The highest BCUT2D eigenvalue weighted by Gasteiger charge is 2.05. The van der Waals surface area contributed by atoms with Crippen LogP contribution in [0.4, 0.5) is 16.5 Å². The second-order valence-corrected chi connectivity index (χ2v) is 9.15. The summed E-state index contributed by atoms with van der Waals surface area (Å²) in [5, 5.41) is 12.3. The summed E-state index contributed by atoms with van der Waals surface area (Å²) in [6, 6.07) is 14.2. The third-order valence-corrected chi connectivity index (χ3v) is 6.12. The summed E-state index contributed by atoms with van der Waals surface area (Å²) in [5.41, 5.74) is 8.82. The molecule has 0 atom stereocenters. The predicted octanol–water partition coefficient (Wildman–Crippen LogP) is 7.15. The first-order valence-electron chi connectivity index (χ1n) is 10.7. The molecule has 3 N–H and O–H groups in total.